The molecule has 0 saturated carbocycles. The van der Waals surface area contributed by atoms with Crippen molar-refractivity contribution in [1.29, 1.82) is 0 Å². The van der Waals surface area contributed by atoms with Crippen molar-refractivity contribution in [3.05, 3.63) is 35.4 Å². The molecule has 0 spiro atoms. The van der Waals surface area contributed by atoms with Crippen molar-refractivity contribution in [2.24, 2.45) is 10.9 Å². The highest BCUT2D eigenvalue weighted by molar-refractivity contribution is 6.01. The summed E-state index contributed by atoms with van der Waals surface area (Å²) >= 11 is 0. The molecule has 3 unspecified atom stereocenters. The number of nitrogens with one attached hydrogen (secondary N) is 4. The SMILES string of the molecule is O=C1NC(=NCC(O)CN2CCc3ccccc3C2)NC2NNCC12. The summed E-state index contributed by atoms with van der Waals surface area (Å²) in [7, 11) is 0. The number of β-amino-alcohol motifs (C(OH)–C–C–N with tert-alkyl or cyclic N) is 1. The normalized spacial score (nSPS) is 28.8. The molecule has 1 amide bonds. The van der Waals surface area contributed by atoms with Gasteiger partial charge in [0.25, 0.3) is 0 Å². The molecular weight excluding hydrogens is 320 g/mol. The molecule has 0 aromatic heterocycles. The molecule has 2 fully saturated rings. The third-order valence-electron chi connectivity index (χ3n) is 4.99. The van der Waals surface area contributed by atoms with E-state index in [1.807, 2.05) is 0 Å². The molecule has 8 nitrogen and oxygen atoms in total. The zero-order chi connectivity index (χ0) is 17.2. The lowest BCUT2D eigenvalue weighted by Gasteiger charge is -2.30. The van der Waals surface area contributed by atoms with Gasteiger partial charge in [0.1, 0.15) is 6.17 Å². The fraction of sp³-hybridized carbons (Fsp3) is 0.529. The van der Waals surface area contributed by atoms with Gasteiger partial charge in [0, 0.05) is 26.2 Å². The predicted molar refractivity (Wildman–Crippen MR) is 93.4 cm³/mol. The number of aliphatic imine (C=N–C) groups is 1. The number of hydrazine groups is 1. The lowest BCUT2D eigenvalue weighted by atomic mass is 10.00. The Morgan fingerprint density at radius 3 is 3.04 bits per heavy atom. The Bertz CT molecular complexity index is 679. The van der Waals surface area contributed by atoms with Gasteiger partial charge in [0.05, 0.1) is 18.6 Å². The maximum atomic E-state index is 12.0. The molecule has 3 aliphatic rings. The Morgan fingerprint density at radius 2 is 2.16 bits per heavy atom. The first-order valence-electron chi connectivity index (χ1n) is 8.76. The number of amides is 1. The highest BCUT2D eigenvalue weighted by Crippen LogP contribution is 2.18. The Kier molecular flexibility index (Phi) is 4.67. The second-order valence-electron chi connectivity index (χ2n) is 6.84. The Morgan fingerprint density at radius 1 is 1.32 bits per heavy atom. The molecule has 3 aliphatic heterocycles. The number of hydrogen-bond donors (Lipinski definition) is 5. The second-order valence-corrected chi connectivity index (χ2v) is 6.84. The smallest absolute Gasteiger partial charge is 0.234 e. The maximum absolute atomic E-state index is 12.0. The lowest BCUT2D eigenvalue weighted by Crippen LogP contribution is -2.61. The van der Waals surface area contributed by atoms with Crippen molar-refractivity contribution < 1.29 is 9.90 Å². The van der Waals surface area contributed by atoms with Gasteiger partial charge in [-0.15, -0.1) is 0 Å². The van der Waals surface area contributed by atoms with Gasteiger partial charge >= 0.3 is 0 Å². The van der Waals surface area contributed by atoms with Crippen LogP contribution in [0.2, 0.25) is 0 Å². The van der Waals surface area contributed by atoms with Gasteiger partial charge in [-0.25, -0.2) is 5.43 Å². The van der Waals surface area contributed by atoms with Crippen LogP contribution in [0, 0.1) is 5.92 Å². The largest absolute Gasteiger partial charge is 0.390 e. The molecule has 4 rings (SSSR count). The zero-order valence-electron chi connectivity index (χ0n) is 14.0. The number of guanidine groups is 1. The Labute approximate surface area is 146 Å². The van der Waals surface area contributed by atoms with Crippen LogP contribution in [-0.4, -0.2) is 60.3 Å². The standard InChI is InChI=1S/C17H24N6O2/c24-13(10-23-6-5-11-3-1-2-4-12(11)9-23)7-18-17-20-15-14(8-19-22-15)16(25)21-17/h1-4,13-15,19,22,24H,5-10H2,(H2,18,20,21,25). The Balaban J connectivity index is 1.29. The number of carbonyl (C=O) groups excluding carboxylic acids is 1. The van der Waals surface area contributed by atoms with E-state index in [2.05, 4.69) is 55.6 Å². The number of aliphatic hydroxyl groups is 1. The number of nitrogens with zero attached hydrogens (tertiary/aromatic N) is 2. The van der Waals surface area contributed by atoms with Crippen LogP contribution in [0.1, 0.15) is 11.1 Å². The van der Waals surface area contributed by atoms with Crippen molar-refractivity contribution in [2.45, 2.75) is 25.2 Å². The molecule has 3 atom stereocenters. The lowest BCUT2D eigenvalue weighted by molar-refractivity contribution is -0.124. The average molecular weight is 344 g/mol. The molecular formula is C17H24N6O2. The summed E-state index contributed by atoms with van der Waals surface area (Å²) in [5, 5.41) is 16.2. The molecule has 0 aliphatic carbocycles. The van der Waals surface area contributed by atoms with Crippen LogP contribution in [0.5, 0.6) is 0 Å². The summed E-state index contributed by atoms with van der Waals surface area (Å²) in [4.78, 5) is 18.6. The van der Waals surface area contributed by atoms with Crippen molar-refractivity contribution in [2.75, 3.05) is 26.2 Å². The first-order chi connectivity index (χ1) is 12.2. The first kappa shape index (κ1) is 16.5. The highest BCUT2D eigenvalue weighted by Gasteiger charge is 2.37. The topological polar surface area (TPSA) is 101 Å². The third kappa shape index (κ3) is 3.67. The van der Waals surface area contributed by atoms with Gasteiger partial charge in [0.15, 0.2) is 5.96 Å². The minimum atomic E-state index is -0.566. The number of fused-ring (bicyclic) bond motifs is 2. The number of aliphatic hydroxyl groups excluding tert-OH is 1. The molecule has 1 aromatic rings. The molecule has 0 bridgehead atoms. The van der Waals surface area contributed by atoms with Crippen LogP contribution < -0.4 is 21.5 Å². The quantitative estimate of drug-likeness (QED) is 0.457. The summed E-state index contributed by atoms with van der Waals surface area (Å²) in [6, 6.07) is 8.45. The van der Waals surface area contributed by atoms with Crippen LogP contribution in [-0.2, 0) is 17.8 Å². The van der Waals surface area contributed by atoms with Gasteiger partial charge in [0.2, 0.25) is 5.91 Å². The average Bonchev–Trinajstić information content (AvgIpc) is 3.09. The van der Waals surface area contributed by atoms with E-state index >= 15 is 0 Å². The van der Waals surface area contributed by atoms with Crippen molar-refractivity contribution in [3.8, 4) is 0 Å². The van der Waals surface area contributed by atoms with E-state index in [1.54, 1.807) is 0 Å². The van der Waals surface area contributed by atoms with Crippen LogP contribution >= 0.6 is 0 Å². The summed E-state index contributed by atoms with van der Waals surface area (Å²) in [5.41, 5.74) is 8.70. The van der Waals surface area contributed by atoms with Gasteiger partial charge < -0.3 is 10.4 Å². The molecule has 3 heterocycles. The monoisotopic (exact) mass is 344 g/mol. The number of carbonyl (C=O) groups is 1. The number of hydrogen-bond acceptors (Lipinski definition) is 6. The highest BCUT2D eigenvalue weighted by atomic mass is 16.3. The third-order valence-corrected chi connectivity index (χ3v) is 4.99. The van der Waals surface area contributed by atoms with Gasteiger partial charge in [-0.2, -0.15) is 0 Å². The molecule has 8 heteroatoms. The van der Waals surface area contributed by atoms with Crippen molar-refractivity contribution >= 4 is 11.9 Å². The molecule has 0 radical (unpaired) electrons. The van der Waals surface area contributed by atoms with E-state index in [-0.39, 0.29) is 24.5 Å². The molecule has 134 valence electrons. The maximum Gasteiger partial charge on any atom is 0.234 e. The summed E-state index contributed by atoms with van der Waals surface area (Å²) in [5.74, 6) is 0.227. The Hall–Kier alpha value is -2.00. The van der Waals surface area contributed by atoms with Gasteiger partial charge in [-0.3, -0.25) is 25.4 Å². The van der Waals surface area contributed by atoms with Crippen molar-refractivity contribution in [1.82, 2.24) is 26.4 Å². The van der Waals surface area contributed by atoms with E-state index < -0.39 is 6.10 Å². The van der Waals surface area contributed by atoms with E-state index in [0.29, 0.717) is 19.0 Å². The van der Waals surface area contributed by atoms with E-state index in [9.17, 15) is 9.90 Å². The fourth-order valence-electron chi connectivity index (χ4n) is 3.62. The summed E-state index contributed by atoms with van der Waals surface area (Å²) in [6.07, 6.45) is 0.295. The van der Waals surface area contributed by atoms with Gasteiger partial charge in [-0.05, 0) is 17.5 Å². The molecule has 25 heavy (non-hydrogen) atoms. The van der Waals surface area contributed by atoms with E-state index in [1.165, 1.54) is 11.1 Å². The number of benzene rings is 1. The van der Waals surface area contributed by atoms with Gasteiger partial charge in [-0.1, -0.05) is 24.3 Å². The van der Waals surface area contributed by atoms with Crippen LogP contribution in [0.25, 0.3) is 0 Å². The van der Waals surface area contributed by atoms with Crippen LogP contribution in [0.4, 0.5) is 0 Å². The van der Waals surface area contributed by atoms with Crippen molar-refractivity contribution in [3.63, 3.8) is 0 Å². The predicted octanol–water partition coefficient (Wildman–Crippen LogP) is -1.47. The van der Waals surface area contributed by atoms with E-state index in [4.69, 9.17) is 0 Å². The second kappa shape index (κ2) is 7.09. The zero-order valence-corrected chi connectivity index (χ0v) is 14.0. The summed E-state index contributed by atoms with van der Waals surface area (Å²) in [6.45, 7) is 3.23. The first-order valence-corrected chi connectivity index (χ1v) is 8.76. The van der Waals surface area contributed by atoms with Crippen LogP contribution in [0.3, 0.4) is 0 Å². The van der Waals surface area contributed by atoms with Crippen LogP contribution in [0.15, 0.2) is 29.3 Å². The minimum Gasteiger partial charge on any atom is -0.390 e. The van der Waals surface area contributed by atoms with E-state index in [0.717, 1.165) is 19.5 Å². The summed E-state index contributed by atoms with van der Waals surface area (Å²) < 4.78 is 0. The molecule has 5 N–H and O–H groups in total. The minimum absolute atomic E-state index is 0.0536. The molecule has 2 saturated heterocycles. The molecule has 1 aromatic carbocycles. The fourth-order valence-corrected chi connectivity index (χ4v) is 3.62. The number of rotatable bonds is 4.